The van der Waals surface area contributed by atoms with E-state index < -0.39 is 0 Å². The van der Waals surface area contributed by atoms with Crippen LogP contribution in [-0.4, -0.2) is 29.4 Å². The van der Waals surface area contributed by atoms with Crippen LogP contribution in [0, 0.1) is 0 Å². The lowest BCUT2D eigenvalue weighted by molar-refractivity contribution is -0.137. The molecule has 13 heavy (non-hydrogen) atoms. The zero-order valence-electron chi connectivity index (χ0n) is 8.20. The highest BCUT2D eigenvalue weighted by atomic mass is 16.2. The smallest absolute Gasteiger partial charge is 0.239 e. The van der Waals surface area contributed by atoms with Gasteiger partial charge in [0.25, 0.3) is 0 Å². The molecular formula is C10H18N2O. The van der Waals surface area contributed by atoms with Crippen molar-refractivity contribution in [3.8, 4) is 0 Å². The molecule has 0 radical (unpaired) electrons. The molecule has 1 rings (SSSR count). The minimum Gasteiger partial charge on any atom is -0.338 e. The summed E-state index contributed by atoms with van der Waals surface area (Å²) < 4.78 is 0. The molecule has 0 saturated carbocycles. The van der Waals surface area contributed by atoms with Gasteiger partial charge in [0.15, 0.2) is 0 Å². The summed E-state index contributed by atoms with van der Waals surface area (Å²) in [5.41, 5.74) is 5.69. The number of carbonyl (C=O) groups is 1. The summed E-state index contributed by atoms with van der Waals surface area (Å²) >= 11 is 0. The molecule has 0 aliphatic carbocycles. The van der Waals surface area contributed by atoms with Gasteiger partial charge in [0, 0.05) is 12.6 Å². The van der Waals surface area contributed by atoms with Crippen molar-refractivity contribution in [2.45, 2.75) is 38.3 Å². The Morgan fingerprint density at radius 2 is 2.54 bits per heavy atom. The van der Waals surface area contributed by atoms with Gasteiger partial charge >= 0.3 is 0 Å². The first-order valence-corrected chi connectivity index (χ1v) is 4.83. The molecule has 0 spiro atoms. The maximum Gasteiger partial charge on any atom is 0.239 e. The zero-order chi connectivity index (χ0) is 9.84. The topological polar surface area (TPSA) is 46.3 Å². The van der Waals surface area contributed by atoms with E-state index in [1.165, 1.54) is 0 Å². The predicted octanol–water partition coefficient (Wildman–Crippen LogP) is 0.901. The molecule has 1 fully saturated rings. The monoisotopic (exact) mass is 182 g/mol. The fraction of sp³-hybridized carbons (Fsp3) is 0.700. The molecular weight excluding hydrogens is 164 g/mol. The summed E-state index contributed by atoms with van der Waals surface area (Å²) in [6, 6.07) is -0.0302. The third-order valence-corrected chi connectivity index (χ3v) is 2.55. The first-order valence-electron chi connectivity index (χ1n) is 4.83. The molecule has 0 bridgehead atoms. The quantitative estimate of drug-likeness (QED) is 0.659. The number of nitrogens with zero attached hydrogens (tertiary/aromatic N) is 1. The fourth-order valence-corrected chi connectivity index (χ4v) is 1.73. The van der Waals surface area contributed by atoms with Crippen LogP contribution in [0.5, 0.6) is 0 Å². The highest BCUT2D eigenvalue weighted by Crippen LogP contribution is 2.14. The van der Waals surface area contributed by atoms with Gasteiger partial charge in [-0.3, -0.25) is 4.79 Å². The van der Waals surface area contributed by atoms with Crippen molar-refractivity contribution >= 4 is 5.91 Å². The first kappa shape index (κ1) is 10.3. The maximum atomic E-state index is 11.6. The number of likely N-dealkylation sites (tertiary alicyclic amines) is 1. The minimum absolute atomic E-state index is 0.0978. The third-order valence-electron chi connectivity index (χ3n) is 2.55. The van der Waals surface area contributed by atoms with Crippen LogP contribution in [0.1, 0.15) is 26.2 Å². The van der Waals surface area contributed by atoms with Crippen LogP contribution in [0.3, 0.4) is 0 Å². The largest absolute Gasteiger partial charge is 0.338 e. The summed E-state index contributed by atoms with van der Waals surface area (Å²) in [7, 11) is 0. The van der Waals surface area contributed by atoms with Gasteiger partial charge < -0.3 is 10.6 Å². The Labute approximate surface area is 79.6 Å². The van der Waals surface area contributed by atoms with Crippen LogP contribution in [0.25, 0.3) is 0 Å². The lowest BCUT2D eigenvalue weighted by Crippen LogP contribution is -2.51. The van der Waals surface area contributed by atoms with Crippen LogP contribution >= 0.6 is 0 Å². The molecule has 1 heterocycles. The molecule has 1 aliphatic heterocycles. The van der Waals surface area contributed by atoms with Gasteiger partial charge in [-0.1, -0.05) is 6.08 Å². The van der Waals surface area contributed by atoms with E-state index in [-0.39, 0.29) is 18.0 Å². The molecule has 1 aliphatic rings. The number of carbonyl (C=O) groups excluding carboxylic acids is 1. The Hall–Kier alpha value is -0.830. The molecule has 0 aromatic rings. The third kappa shape index (κ3) is 2.31. The van der Waals surface area contributed by atoms with Crippen LogP contribution in [0.15, 0.2) is 12.7 Å². The van der Waals surface area contributed by atoms with Gasteiger partial charge in [0.1, 0.15) is 0 Å². The number of nitrogens with two attached hydrogens (primary N) is 1. The molecule has 0 aromatic carbocycles. The molecule has 2 atom stereocenters. The molecule has 0 aromatic heterocycles. The van der Waals surface area contributed by atoms with Gasteiger partial charge in [-0.05, 0) is 26.2 Å². The molecule has 2 unspecified atom stereocenters. The van der Waals surface area contributed by atoms with Crippen molar-refractivity contribution in [3.05, 3.63) is 12.7 Å². The van der Waals surface area contributed by atoms with E-state index in [1.54, 1.807) is 0 Å². The molecule has 3 heteroatoms. The summed E-state index contributed by atoms with van der Waals surface area (Å²) in [4.78, 5) is 13.5. The van der Waals surface area contributed by atoms with E-state index in [0.717, 1.165) is 25.8 Å². The molecule has 3 nitrogen and oxygen atoms in total. The van der Waals surface area contributed by atoms with E-state index in [2.05, 4.69) is 6.58 Å². The van der Waals surface area contributed by atoms with Gasteiger partial charge in [-0.25, -0.2) is 0 Å². The summed E-state index contributed by atoms with van der Waals surface area (Å²) in [5, 5.41) is 0. The van der Waals surface area contributed by atoms with Crippen LogP contribution in [0.4, 0.5) is 0 Å². The lowest BCUT2D eigenvalue weighted by Gasteiger charge is -2.34. The number of rotatable bonds is 3. The van der Waals surface area contributed by atoms with Crippen molar-refractivity contribution < 1.29 is 4.79 Å². The number of amides is 1. The molecule has 74 valence electrons. The van der Waals surface area contributed by atoms with Gasteiger partial charge in [0.05, 0.1) is 6.04 Å². The van der Waals surface area contributed by atoms with Crippen molar-refractivity contribution in [3.63, 3.8) is 0 Å². The van der Waals surface area contributed by atoms with E-state index >= 15 is 0 Å². The highest BCUT2D eigenvalue weighted by Gasteiger charge is 2.28. The Balaban J connectivity index is 2.56. The second-order valence-corrected chi connectivity index (χ2v) is 3.65. The number of hydrogen-bond donors (Lipinski definition) is 1. The Kier molecular flexibility index (Phi) is 3.48. The molecule has 1 amide bonds. The molecule has 1 saturated heterocycles. The summed E-state index contributed by atoms with van der Waals surface area (Å²) in [6.45, 7) is 6.56. The standard InChI is InChI=1S/C10H18N2O/c1-3-5-8(2)12-7-4-6-9(11)10(12)13/h3,8-9H,1,4-7,11H2,2H3. The van der Waals surface area contributed by atoms with E-state index in [0.29, 0.717) is 0 Å². The van der Waals surface area contributed by atoms with Gasteiger partial charge in [-0.15, -0.1) is 6.58 Å². The minimum atomic E-state index is -0.277. The van der Waals surface area contributed by atoms with Crippen LogP contribution < -0.4 is 5.73 Å². The van der Waals surface area contributed by atoms with E-state index in [9.17, 15) is 4.79 Å². The first-order chi connectivity index (χ1) is 6.16. The predicted molar refractivity (Wildman–Crippen MR) is 53.2 cm³/mol. The maximum absolute atomic E-state index is 11.6. The van der Waals surface area contributed by atoms with Gasteiger partial charge in [-0.2, -0.15) is 0 Å². The Bertz CT molecular complexity index is 203. The van der Waals surface area contributed by atoms with Crippen molar-refractivity contribution in [1.82, 2.24) is 4.90 Å². The van der Waals surface area contributed by atoms with Crippen LogP contribution in [-0.2, 0) is 4.79 Å². The number of piperidine rings is 1. The van der Waals surface area contributed by atoms with Crippen molar-refractivity contribution in [2.75, 3.05) is 6.54 Å². The lowest BCUT2D eigenvalue weighted by atomic mass is 10.0. The zero-order valence-corrected chi connectivity index (χ0v) is 8.20. The second-order valence-electron chi connectivity index (χ2n) is 3.65. The number of hydrogen-bond acceptors (Lipinski definition) is 2. The molecule has 2 N–H and O–H groups in total. The van der Waals surface area contributed by atoms with Crippen LogP contribution in [0.2, 0.25) is 0 Å². The average Bonchev–Trinajstić information content (AvgIpc) is 2.10. The van der Waals surface area contributed by atoms with E-state index in [1.807, 2.05) is 17.9 Å². The summed E-state index contributed by atoms with van der Waals surface area (Å²) in [5.74, 6) is 0.0978. The fourth-order valence-electron chi connectivity index (χ4n) is 1.73. The average molecular weight is 182 g/mol. The SMILES string of the molecule is C=CCC(C)N1CCCC(N)C1=O. The Morgan fingerprint density at radius 3 is 3.15 bits per heavy atom. The second kappa shape index (κ2) is 4.42. The summed E-state index contributed by atoms with van der Waals surface area (Å²) in [6.07, 6.45) is 4.54. The normalized spacial score (nSPS) is 25.8. The highest BCUT2D eigenvalue weighted by molar-refractivity contribution is 5.82. The van der Waals surface area contributed by atoms with Crippen molar-refractivity contribution in [1.29, 1.82) is 0 Å². The van der Waals surface area contributed by atoms with Crippen molar-refractivity contribution in [2.24, 2.45) is 5.73 Å². The van der Waals surface area contributed by atoms with Gasteiger partial charge in [0.2, 0.25) is 5.91 Å². The Morgan fingerprint density at radius 1 is 1.85 bits per heavy atom. The van der Waals surface area contributed by atoms with E-state index in [4.69, 9.17) is 5.73 Å².